The van der Waals surface area contributed by atoms with Crippen LogP contribution in [-0.4, -0.2) is 35.1 Å². The van der Waals surface area contributed by atoms with Crippen LogP contribution < -0.4 is 15.4 Å². The molecule has 1 unspecified atom stereocenters. The van der Waals surface area contributed by atoms with Crippen LogP contribution in [0.4, 0.5) is 16.3 Å². The first kappa shape index (κ1) is 16.0. The van der Waals surface area contributed by atoms with E-state index in [2.05, 4.69) is 15.7 Å². The smallest absolute Gasteiger partial charge is 0.324 e. The van der Waals surface area contributed by atoms with Gasteiger partial charge in [-0.25, -0.2) is 4.79 Å². The first-order chi connectivity index (χ1) is 12.3. The van der Waals surface area contributed by atoms with Gasteiger partial charge in [-0.1, -0.05) is 0 Å². The summed E-state index contributed by atoms with van der Waals surface area (Å²) in [6.07, 6.45) is 4.37. The standard InChI is InChI=1S/C18H22N4O3/c23-18(20-17-11-14-3-1-2-9-22(14)21-17)19-13-4-6-15(7-5-13)25-16-8-10-24-12-16/h4-7,11,16H,1-3,8-10,12H2,(H2,19,20,21,23). The Bertz CT molecular complexity index is 712. The number of anilines is 2. The summed E-state index contributed by atoms with van der Waals surface area (Å²) < 4.78 is 13.1. The summed E-state index contributed by atoms with van der Waals surface area (Å²) >= 11 is 0. The van der Waals surface area contributed by atoms with E-state index in [-0.39, 0.29) is 12.1 Å². The van der Waals surface area contributed by atoms with Crippen LogP contribution in [0.1, 0.15) is 25.0 Å². The van der Waals surface area contributed by atoms with Crippen molar-refractivity contribution in [2.75, 3.05) is 23.8 Å². The predicted molar refractivity (Wildman–Crippen MR) is 94.1 cm³/mol. The highest BCUT2D eigenvalue weighted by Gasteiger charge is 2.17. The number of fused-ring (bicyclic) bond motifs is 1. The van der Waals surface area contributed by atoms with Crippen molar-refractivity contribution in [3.8, 4) is 5.75 Å². The Morgan fingerprint density at radius 1 is 1.24 bits per heavy atom. The van der Waals surface area contributed by atoms with Gasteiger partial charge in [-0.15, -0.1) is 0 Å². The van der Waals surface area contributed by atoms with Crippen LogP contribution >= 0.6 is 0 Å². The van der Waals surface area contributed by atoms with Crippen molar-refractivity contribution in [1.82, 2.24) is 9.78 Å². The first-order valence-electron chi connectivity index (χ1n) is 8.75. The van der Waals surface area contributed by atoms with Gasteiger partial charge in [-0.3, -0.25) is 10.00 Å². The summed E-state index contributed by atoms with van der Waals surface area (Å²) in [6.45, 7) is 2.31. The van der Waals surface area contributed by atoms with Crippen LogP contribution in [0.25, 0.3) is 0 Å². The summed E-state index contributed by atoms with van der Waals surface area (Å²) in [5.74, 6) is 1.37. The highest BCUT2D eigenvalue weighted by Crippen LogP contribution is 2.21. The van der Waals surface area contributed by atoms with E-state index in [1.807, 2.05) is 35.0 Å². The van der Waals surface area contributed by atoms with Gasteiger partial charge < -0.3 is 14.8 Å². The number of hydrogen-bond acceptors (Lipinski definition) is 4. The zero-order valence-electron chi connectivity index (χ0n) is 14.0. The minimum atomic E-state index is -0.298. The van der Waals surface area contributed by atoms with Crippen molar-refractivity contribution >= 4 is 17.5 Å². The van der Waals surface area contributed by atoms with Crippen molar-refractivity contribution in [3.63, 3.8) is 0 Å². The van der Waals surface area contributed by atoms with E-state index in [0.717, 1.165) is 38.2 Å². The molecule has 2 aromatic rings. The summed E-state index contributed by atoms with van der Waals surface area (Å²) in [4.78, 5) is 12.1. The van der Waals surface area contributed by atoms with E-state index >= 15 is 0 Å². The van der Waals surface area contributed by atoms with Crippen molar-refractivity contribution in [2.45, 2.75) is 38.3 Å². The number of aromatic nitrogens is 2. The third-order valence-corrected chi connectivity index (χ3v) is 4.46. The molecule has 0 bridgehead atoms. The third-order valence-electron chi connectivity index (χ3n) is 4.46. The van der Waals surface area contributed by atoms with Gasteiger partial charge in [-0.2, -0.15) is 5.10 Å². The molecule has 0 saturated carbocycles. The number of nitrogens with zero attached hydrogens (tertiary/aromatic N) is 2. The fraction of sp³-hybridized carbons (Fsp3) is 0.444. The average Bonchev–Trinajstić information content (AvgIpc) is 3.25. The Hall–Kier alpha value is -2.54. The van der Waals surface area contributed by atoms with E-state index in [0.29, 0.717) is 18.1 Å². The van der Waals surface area contributed by atoms with Gasteiger partial charge >= 0.3 is 6.03 Å². The number of ether oxygens (including phenoxy) is 2. The molecule has 132 valence electrons. The Kier molecular flexibility index (Phi) is 4.56. The molecule has 3 heterocycles. The molecule has 0 radical (unpaired) electrons. The van der Waals surface area contributed by atoms with E-state index in [4.69, 9.17) is 9.47 Å². The van der Waals surface area contributed by atoms with Crippen LogP contribution in [-0.2, 0) is 17.7 Å². The van der Waals surface area contributed by atoms with E-state index in [1.54, 1.807) is 0 Å². The summed E-state index contributed by atoms with van der Waals surface area (Å²) in [5, 5.41) is 10.0. The van der Waals surface area contributed by atoms with Crippen LogP contribution in [0.2, 0.25) is 0 Å². The lowest BCUT2D eigenvalue weighted by molar-refractivity contribution is 0.141. The molecule has 1 aromatic heterocycles. The lowest BCUT2D eigenvalue weighted by atomic mass is 10.1. The summed E-state index contributed by atoms with van der Waals surface area (Å²) in [6, 6.07) is 8.99. The lowest BCUT2D eigenvalue weighted by Gasteiger charge is -2.12. The van der Waals surface area contributed by atoms with Gasteiger partial charge in [0.05, 0.1) is 13.2 Å². The Morgan fingerprint density at radius 3 is 2.88 bits per heavy atom. The summed E-state index contributed by atoms with van der Waals surface area (Å²) in [7, 11) is 0. The second-order valence-electron chi connectivity index (χ2n) is 6.41. The van der Waals surface area contributed by atoms with Gasteiger partial charge in [-0.05, 0) is 43.5 Å². The van der Waals surface area contributed by atoms with Crippen LogP contribution in [0.15, 0.2) is 30.3 Å². The predicted octanol–water partition coefficient (Wildman–Crippen LogP) is 3.03. The fourth-order valence-corrected chi connectivity index (χ4v) is 3.17. The number of carbonyl (C=O) groups is 1. The highest BCUT2D eigenvalue weighted by atomic mass is 16.5. The normalized spacial score (nSPS) is 19.3. The van der Waals surface area contributed by atoms with Gasteiger partial charge in [0, 0.05) is 30.4 Å². The minimum Gasteiger partial charge on any atom is -0.488 e. The molecule has 1 aromatic carbocycles. The van der Waals surface area contributed by atoms with Gasteiger partial charge in [0.15, 0.2) is 5.82 Å². The molecular weight excluding hydrogens is 320 g/mol. The largest absolute Gasteiger partial charge is 0.488 e. The summed E-state index contributed by atoms with van der Waals surface area (Å²) in [5.41, 5.74) is 1.88. The molecule has 1 atom stereocenters. The fourth-order valence-electron chi connectivity index (χ4n) is 3.17. The van der Waals surface area contributed by atoms with Crippen molar-refractivity contribution < 1.29 is 14.3 Å². The molecule has 1 fully saturated rings. The van der Waals surface area contributed by atoms with Gasteiger partial charge in [0.2, 0.25) is 0 Å². The number of urea groups is 1. The number of amides is 2. The van der Waals surface area contributed by atoms with Gasteiger partial charge in [0.1, 0.15) is 11.9 Å². The first-order valence-corrected chi connectivity index (χ1v) is 8.75. The second-order valence-corrected chi connectivity index (χ2v) is 6.41. The molecule has 1 saturated heterocycles. The monoisotopic (exact) mass is 342 g/mol. The van der Waals surface area contributed by atoms with Crippen LogP contribution in [0.3, 0.4) is 0 Å². The Balaban J connectivity index is 1.31. The van der Waals surface area contributed by atoms with Crippen molar-refractivity contribution in [2.24, 2.45) is 0 Å². The number of rotatable bonds is 4. The molecule has 7 heteroatoms. The molecule has 2 amide bonds. The molecule has 2 aliphatic heterocycles. The molecule has 7 nitrogen and oxygen atoms in total. The zero-order valence-corrected chi connectivity index (χ0v) is 14.0. The van der Waals surface area contributed by atoms with Crippen molar-refractivity contribution in [1.29, 1.82) is 0 Å². The molecule has 4 rings (SSSR count). The number of benzene rings is 1. The van der Waals surface area contributed by atoms with Crippen LogP contribution in [0, 0.1) is 0 Å². The van der Waals surface area contributed by atoms with E-state index < -0.39 is 0 Å². The SMILES string of the molecule is O=C(Nc1ccc(OC2CCOC2)cc1)Nc1cc2n(n1)CCCC2. The number of aryl methyl sites for hydroxylation is 2. The average molecular weight is 342 g/mol. The number of carbonyl (C=O) groups excluding carboxylic acids is 1. The maximum Gasteiger partial charge on any atom is 0.324 e. The zero-order chi connectivity index (χ0) is 17.1. The maximum absolute atomic E-state index is 12.1. The number of nitrogens with one attached hydrogen (secondary N) is 2. The molecule has 2 N–H and O–H groups in total. The van der Waals surface area contributed by atoms with E-state index in [9.17, 15) is 4.79 Å². The molecule has 2 aliphatic rings. The quantitative estimate of drug-likeness (QED) is 0.895. The second kappa shape index (κ2) is 7.14. The third kappa shape index (κ3) is 3.93. The highest BCUT2D eigenvalue weighted by molar-refractivity contribution is 5.99. The topological polar surface area (TPSA) is 77.4 Å². The Labute approximate surface area is 146 Å². The maximum atomic E-state index is 12.1. The van der Waals surface area contributed by atoms with Crippen LogP contribution in [0.5, 0.6) is 5.75 Å². The minimum absolute atomic E-state index is 0.119. The van der Waals surface area contributed by atoms with Gasteiger partial charge in [0.25, 0.3) is 0 Å². The lowest BCUT2D eigenvalue weighted by Crippen LogP contribution is -2.20. The molecule has 0 spiro atoms. The Morgan fingerprint density at radius 2 is 2.12 bits per heavy atom. The molecule has 25 heavy (non-hydrogen) atoms. The van der Waals surface area contributed by atoms with E-state index in [1.165, 1.54) is 12.1 Å². The number of hydrogen-bond donors (Lipinski definition) is 2. The van der Waals surface area contributed by atoms with Crippen molar-refractivity contribution in [3.05, 3.63) is 36.0 Å². The molecular formula is C18H22N4O3. The molecule has 0 aliphatic carbocycles.